The van der Waals surface area contributed by atoms with Gasteiger partial charge in [0.15, 0.2) is 0 Å². The lowest BCUT2D eigenvalue weighted by Gasteiger charge is -2.23. The van der Waals surface area contributed by atoms with Crippen molar-refractivity contribution in [3.05, 3.63) is 21.2 Å². The minimum atomic E-state index is 0.695. The molecule has 17 heavy (non-hydrogen) atoms. The zero-order valence-corrected chi connectivity index (χ0v) is 11.6. The molecule has 1 aliphatic carbocycles. The van der Waals surface area contributed by atoms with Crippen molar-refractivity contribution < 1.29 is 0 Å². The monoisotopic (exact) mass is 250 g/mol. The summed E-state index contributed by atoms with van der Waals surface area (Å²) < 4.78 is 0. The third kappa shape index (κ3) is 3.17. The van der Waals surface area contributed by atoms with E-state index in [0.29, 0.717) is 6.54 Å². The number of aryl methyl sites for hydroxylation is 2. The van der Waals surface area contributed by atoms with Crippen LogP contribution in [0.4, 0.5) is 0 Å². The van der Waals surface area contributed by atoms with E-state index < -0.39 is 0 Å². The van der Waals surface area contributed by atoms with E-state index in [9.17, 15) is 0 Å². The normalized spacial score (nSPS) is 18.6. The minimum absolute atomic E-state index is 0.695. The van der Waals surface area contributed by atoms with Crippen molar-refractivity contribution >= 4 is 17.4 Å². The number of rotatable bonds is 3. The first-order chi connectivity index (χ1) is 8.20. The molecule has 0 radical (unpaired) electrons. The van der Waals surface area contributed by atoms with Crippen molar-refractivity contribution in [3.8, 4) is 0 Å². The first kappa shape index (κ1) is 12.8. The van der Waals surface area contributed by atoms with E-state index in [-0.39, 0.29) is 0 Å². The van der Waals surface area contributed by atoms with Crippen molar-refractivity contribution in [3.63, 3.8) is 0 Å². The highest BCUT2D eigenvalue weighted by atomic mass is 32.1. The molecule has 1 aromatic heterocycles. The molecular formula is C14H22N2S. The lowest BCUT2D eigenvalue weighted by Crippen LogP contribution is -2.16. The number of nitrogens with zero attached hydrogens (tertiary/aromatic N) is 1. The highest BCUT2D eigenvalue weighted by Crippen LogP contribution is 2.31. The molecule has 1 fully saturated rings. The quantitative estimate of drug-likeness (QED) is 0.888. The van der Waals surface area contributed by atoms with Gasteiger partial charge in [-0.3, -0.25) is 0 Å². The van der Waals surface area contributed by atoms with Crippen molar-refractivity contribution in [1.29, 1.82) is 0 Å². The molecule has 0 bridgehead atoms. The Balaban J connectivity index is 2.19. The van der Waals surface area contributed by atoms with Gasteiger partial charge in [0.05, 0.1) is 15.6 Å². The van der Waals surface area contributed by atoms with Crippen LogP contribution in [0.25, 0.3) is 6.08 Å². The number of nitrogens with two attached hydrogens (primary N) is 1. The Kier molecular flexibility index (Phi) is 4.35. The summed E-state index contributed by atoms with van der Waals surface area (Å²) in [7, 11) is 0. The fraction of sp³-hybridized carbons (Fsp3) is 0.643. The van der Waals surface area contributed by atoms with E-state index in [1.165, 1.54) is 42.6 Å². The van der Waals surface area contributed by atoms with Crippen LogP contribution in [0.3, 0.4) is 0 Å². The van der Waals surface area contributed by atoms with Gasteiger partial charge in [-0.1, -0.05) is 24.8 Å². The summed E-state index contributed by atoms with van der Waals surface area (Å²) in [5.74, 6) is 0.718. The van der Waals surface area contributed by atoms with Crippen LogP contribution >= 0.6 is 11.3 Å². The molecule has 0 aliphatic heterocycles. The predicted molar refractivity (Wildman–Crippen MR) is 75.2 cm³/mol. The number of hydrogen-bond acceptors (Lipinski definition) is 3. The van der Waals surface area contributed by atoms with Gasteiger partial charge >= 0.3 is 0 Å². The van der Waals surface area contributed by atoms with Crippen LogP contribution in [-0.2, 0) is 0 Å². The van der Waals surface area contributed by atoms with Gasteiger partial charge in [0, 0.05) is 6.54 Å². The summed E-state index contributed by atoms with van der Waals surface area (Å²) >= 11 is 1.78. The summed E-state index contributed by atoms with van der Waals surface area (Å²) in [4.78, 5) is 5.78. The average molecular weight is 250 g/mol. The number of aromatic nitrogens is 1. The summed E-state index contributed by atoms with van der Waals surface area (Å²) in [5, 5.41) is 1.15. The standard InChI is InChI=1S/C14H22N2S/c1-10-14(17-11(2)16-10)8-13(9-15)12-6-4-3-5-7-12/h8,12H,3-7,9,15H2,1-2H3. The Hall–Kier alpha value is -0.670. The van der Waals surface area contributed by atoms with Crippen molar-refractivity contribution in [2.75, 3.05) is 6.54 Å². The second-order valence-corrected chi connectivity index (χ2v) is 6.18. The third-order valence-electron chi connectivity index (χ3n) is 3.62. The van der Waals surface area contributed by atoms with Gasteiger partial charge < -0.3 is 5.73 Å². The van der Waals surface area contributed by atoms with E-state index in [2.05, 4.69) is 24.9 Å². The molecule has 0 amide bonds. The maximum Gasteiger partial charge on any atom is 0.0903 e. The van der Waals surface area contributed by atoms with Crippen LogP contribution in [0.2, 0.25) is 0 Å². The van der Waals surface area contributed by atoms with Crippen LogP contribution < -0.4 is 5.73 Å². The Morgan fingerprint density at radius 1 is 1.35 bits per heavy atom. The van der Waals surface area contributed by atoms with Crippen molar-refractivity contribution in [2.24, 2.45) is 11.7 Å². The molecule has 0 saturated heterocycles. The van der Waals surface area contributed by atoms with E-state index >= 15 is 0 Å². The Morgan fingerprint density at radius 2 is 2.06 bits per heavy atom. The maximum atomic E-state index is 5.92. The van der Waals surface area contributed by atoms with Gasteiger partial charge in [-0.25, -0.2) is 4.98 Å². The fourth-order valence-electron chi connectivity index (χ4n) is 2.67. The fourth-order valence-corrected chi connectivity index (χ4v) is 3.57. The Morgan fingerprint density at radius 3 is 2.59 bits per heavy atom. The van der Waals surface area contributed by atoms with Crippen LogP contribution in [0.5, 0.6) is 0 Å². The predicted octanol–water partition coefficient (Wildman–Crippen LogP) is 3.68. The average Bonchev–Trinajstić information content (AvgIpc) is 2.66. The van der Waals surface area contributed by atoms with Gasteiger partial charge in [-0.15, -0.1) is 11.3 Å². The van der Waals surface area contributed by atoms with Gasteiger partial charge in [-0.2, -0.15) is 0 Å². The second kappa shape index (κ2) is 5.78. The Bertz CT molecular complexity index is 400. The molecule has 2 rings (SSSR count). The van der Waals surface area contributed by atoms with Crippen molar-refractivity contribution in [2.45, 2.75) is 46.0 Å². The molecule has 94 valence electrons. The van der Waals surface area contributed by atoms with E-state index in [1.807, 2.05) is 0 Å². The van der Waals surface area contributed by atoms with E-state index in [0.717, 1.165) is 16.6 Å². The SMILES string of the molecule is Cc1nc(C)c(C=C(CN)C2CCCCC2)s1. The molecular weight excluding hydrogens is 228 g/mol. The topological polar surface area (TPSA) is 38.9 Å². The smallest absolute Gasteiger partial charge is 0.0903 e. The molecule has 2 N–H and O–H groups in total. The molecule has 1 aliphatic rings. The van der Waals surface area contributed by atoms with Gasteiger partial charge in [0.1, 0.15) is 0 Å². The van der Waals surface area contributed by atoms with Gasteiger partial charge in [-0.05, 0) is 38.7 Å². The van der Waals surface area contributed by atoms with Gasteiger partial charge in [0.2, 0.25) is 0 Å². The highest BCUT2D eigenvalue weighted by Gasteiger charge is 2.17. The second-order valence-electron chi connectivity index (χ2n) is 4.94. The third-order valence-corrected chi connectivity index (χ3v) is 4.64. The highest BCUT2D eigenvalue weighted by molar-refractivity contribution is 7.12. The molecule has 1 heterocycles. The molecule has 0 aromatic carbocycles. The Labute approximate surface area is 108 Å². The van der Waals surface area contributed by atoms with Crippen LogP contribution in [-0.4, -0.2) is 11.5 Å². The number of thiazole rings is 1. The zero-order chi connectivity index (χ0) is 12.3. The maximum absolute atomic E-state index is 5.92. The number of hydrogen-bond donors (Lipinski definition) is 1. The van der Waals surface area contributed by atoms with Crippen LogP contribution in [0.15, 0.2) is 5.57 Å². The first-order valence-electron chi connectivity index (χ1n) is 6.55. The molecule has 0 atom stereocenters. The summed E-state index contributed by atoms with van der Waals surface area (Å²) in [6, 6.07) is 0. The lowest BCUT2D eigenvalue weighted by molar-refractivity contribution is 0.401. The summed E-state index contributed by atoms with van der Waals surface area (Å²) in [5.41, 5.74) is 8.50. The molecule has 1 aromatic rings. The summed E-state index contributed by atoms with van der Waals surface area (Å²) in [6.07, 6.45) is 9.06. The lowest BCUT2D eigenvalue weighted by atomic mass is 9.83. The molecule has 3 heteroatoms. The largest absolute Gasteiger partial charge is 0.327 e. The minimum Gasteiger partial charge on any atom is -0.327 e. The van der Waals surface area contributed by atoms with Crippen molar-refractivity contribution in [1.82, 2.24) is 4.98 Å². The molecule has 0 unspecified atom stereocenters. The van der Waals surface area contributed by atoms with E-state index in [4.69, 9.17) is 5.73 Å². The first-order valence-corrected chi connectivity index (χ1v) is 7.37. The van der Waals surface area contributed by atoms with Crippen LogP contribution in [0.1, 0.15) is 47.7 Å². The van der Waals surface area contributed by atoms with Crippen LogP contribution in [0, 0.1) is 19.8 Å². The molecule has 0 spiro atoms. The zero-order valence-electron chi connectivity index (χ0n) is 10.8. The van der Waals surface area contributed by atoms with E-state index in [1.54, 1.807) is 11.3 Å². The molecule has 1 saturated carbocycles. The molecule has 2 nitrogen and oxygen atoms in total. The summed E-state index contributed by atoms with van der Waals surface area (Å²) in [6.45, 7) is 4.85. The van der Waals surface area contributed by atoms with Gasteiger partial charge in [0.25, 0.3) is 0 Å².